The summed E-state index contributed by atoms with van der Waals surface area (Å²) in [5.41, 5.74) is 3.43. The Hall–Kier alpha value is -2.58. The standard InChI is InChI=1S/C22H17ClN2O3S2/c23-20-11-10-19(29-20)21-18(17-8-6-16(7-9-17)14-30(27)28)12-24-25(22(21)26)13-15-4-2-1-3-5-15/h1-12H,13-14H2,(H,27,28)/p-1. The van der Waals surface area contributed by atoms with E-state index in [-0.39, 0.29) is 11.3 Å². The van der Waals surface area contributed by atoms with Crippen LogP contribution in [0.15, 0.2) is 77.7 Å². The molecule has 0 aliphatic carbocycles. The van der Waals surface area contributed by atoms with Crippen molar-refractivity contribution in [2.75, 3.05) is 0 Å². The lowest BCUT2D eigenvalue weighted by atomic mass is 10.0. The van der Waals surface area contributed by atoms with Crippen molar-refractivity contribution in [3.8, 4) is 21.6 Å². The Morgan fingerprint density at radius 2 is 1.73 bits per heavy atom. The van der Waals surface area contributed by atoms with Crippen molar-refractivity contribution in [3.63, 3.8) is 0 Å². The molecule has 152 valence electrons. The van der Waals surface area contributed by atoms with E-state index in [1.807, 2.05) is 36.4 Å². The van der Waals surface area contributed by atoms with E-state index in [9.17, 15) is 13.6 Å². The molecule has 2 aromatic carbocycles. The van der Waals surface area contributed by atoms with Gasteiger partial charge in [-0.3, -0.25) is 9.00 Å². The fourth-order valence-electron chi connectivity index (χ4n) is 3.18. The first kappa shape index (κ1) is 20.7. The van der Waals surface area contributed by atoms with Crippen LogP contribution < -0.4 is 5.56 Å². The summed E-state index contributed by atoms with van der Waals surface area (Å²) in [6.45, 7) is 0.361. The maximum atomic E-state index is 13.4. The van der Waals surface area contributed by atoms with E-state index < -0.39 is 11.1 Å². The van der Waals surface area contributed by atoms with Crippen LogP contribution in [0.25, 0.3) is 21.6 Å². The van der Waals surface area contributed by atoms with Gasteiger partial charge in [0.25, 0.3) is 5.56 Å². The normalized spacial score (nSPS) is 12.1. The van der Waals surface area contributed by atoms with Crippen molar-refractivity contribution >= 4 is 34.0 Å². The zero-order valence-electron chi connectivity index (χ0n) is 15.7. The molecule has 5 nitrogen and oxygen atoms in total. The molecular formula is C22H16ClN2O3S2-. The van der Waals surface area contributed by atoms with Crippen molar-refractivity contribution < 1.29 is 8.76 Å². The number of aromatic nitrogens is 2. The Morgan fingerprint density at radius 1 is 1.00 bits per heavy atom. The van der Waals surface area contributed by atoms with Gasteiger partial charge >= 0.3 is 0 Å². The predicted molar refractivity (Wildman–Crippen MR) is 120 cm³/mol. The highest BCUT2D eigenvalue weighted by molar-refractivity contribution is 7.78. The van der Waals surface area contributed by atoms with Gasteiger partial charge in [0, 0.05) is 16.2 Å². The van der Waals surface area contributed by atoms with Gasteiger partial charge in [-0.25, -0.2) is 4.68 Å². The van der Waals surface area contributed by atoms with E-state index in [1.165, 1.54) is 16.0 Å². The molecule has 2 aromatic heterocycles. The zero-order valence-corrected chi connectivity index (χ0v) is 18.0. The van der Waals surface area contributed by atoms with Gasteiger partial charge in [-0.2, -0.15) is 5.10 Å². The zero-order chi connectivity index (χ0) is 21.1. The fourth-order valence-corrected chi connectivity index (χ4v) is 4.74. The molecule has 8 heteroatoms. The average molecular weight is 456 g/mol. The monoisotopic (exact) mass is 455 g/mol. The van der Waals surface area contributed by atoms with Gasteiger partial charge in [-0.15, -0.1) is 11.3 Å². The van der Waals surface area contributed by atoms with E-state index in [2.05, 4.69) is 5.10 Å². The van der Waals surface area contributed by atoms with Gasteiger partial charge < -0.3 is 4.55 Å². The number of benzene rings is 2. The largest absolute Gasteiger partial charge is 0.772 e. The quantitative estimate of drug-likeness (QED) is 0.394. The number of thiophene rings is 1. The summed E-state index contributed by atoms with van der Waals surface area (Å²) in [5.74, 6) is -0.0510. The van der Waals surface area contributed by atoms with Gasteiger partial charge in [0.15, 0.2) is 0 Å². The van der Waals surface area contributed by atoms with E-state index in [4.69, 9.17) is 11.6 Å². The van der Waals surface area contributed by atoms with Crippen LogP contribution >= 0.6 is 22.9 Å². The number of hydrogen-bond donors (Lipinski definition) is 0. The minimum atomic E-state index is -2.15. The van der Waals surface area contributed by atoms with Crippen LogP contribution in [0.2, 0.25) is 4.34 Å². The molecule has 4 aromatic rings. The first-order chi connectivity index (χ1) is 14.5. The molecule has 0 spiro atoms. The molecule has 1 atom stereocenters. The van der Waals surface area contributed by atoms with Gasteiger partial charge in [0.2, 0.25) is 0 Å². The molecule has 0 aliphatic rings. The lowest BCUT2D eigenvalue weighted by molar-refractivity contribution is 0.536. The Balaban J connectivity index is 1.81. The van der Waals surface area contributed by atoms with Crippen LogP contribution in [0.4, 0.5) is 0 Å². The first-order valence-corrected chi connectivity index (χ1v) is 11.5. The number of hydrogen-bond acceptors (Lipinski definition) is 5. The molecule has 0 saturated carbocycles. The van der Waals surface area contributed by atoms with Crippen molar-refractivity contribution in [1.82, 2.24) is 9.78 Å². The fraction of sp³-hybridized carbons (Fsp3) is 0.0909. The van der Waals surface area contributed by atoms with E-state index in [0.717, 1.165) is 16.0 Å². The Morgan fingerprint density at radius 3 is 2.37 bits per heavy atom. The third kappa shape index (κ3) is 4.60. The van der Waals surface area contributed by atoms with Crippen LogP contribution in [0, 0.1) is 0 Å². The van der Waals surface area contributed by atoms with E-state index >= 15 is 0 Å². The molecule has 0 amide bonds. The second-order valence-corrected chi connectivity index (χ2v) is 9.24. The SMILES string of the molecule is O=c1c(-c2ccc(Cl)s2)c(-c2ccc(CS(=O)[O-])cc2)cnn1Cc1ccccc1. The van der Waals surface area contributed by atoms with Gasteiger partial charge in [-0.1, -0.05) is 77.3 Å². The molecule has 0 radical (unpaired) electrons. The van der Waals surface area contributed by atoms with Crippen molar-refractivity contribution in [1.29, 1.82) is 0 Å². The van der Waals surface area contributed by atoms with Gasteiger partial charge in [0.05, 0.1) is 22.6 Å². The smallest absolute Gasteiger partial charge is 0.276 e. The van der Waals surface area contributed by atoms with E-state index in [0.29, 0.717) is 27.6 Å². The molecule has 1 unspecified atom stereocenters. The van der Waals surface area contributed by atoms with Gasteiger partial charge in [0.1, 0.15) is 0 Å². The number of nitrogens with zero attached hydrogens (tertiary/aromatic N) is 2. The molecular weight excluding hydrogens is 440 g/mol. The molecule has 0 bridgehead atoms. The first-order valence-electron chi connectivity index (χ1n) is 9.06. The van der Waals surface area contributed by atoms with Crippen molar-refractivity contribution in [2.24, 2.45) is 0 Å². The molecule has 0 aliphatic heterocycles. The Bertz CT molecular complexity index is 1250. The maximum absolute atomic E-state index is 13.4. The molecule has 4 rings (SSSR count). The highest BCUT2D eigenvalue weighted by Gasteiger charge is 2.17. The molecule has 2 heterocycles. The third-order valence-corrected chi connectivity index (χ3v) is 6.41. The highest BCUT2D eigenvalue weighted by Crippen LogP contribution is 2.35. The lowest BCUT2D eigenvalue weighted by Crippen LogP contribution is -2.25. The minimum Gasteiger partial charge on any atom is -0.772 e. The summed E-state index contributed by atoms with van der Waals surface area (Å²) in [6, 6.07) is 20.3. The summed E-state index contributed by atoms with van der Waals surface area (Å²) in [5, 5.41) is 4.39. The Kier molecular flexibility index (Phi) is 6.24. The predicted octanol–water partition coefficient (Wildman–Crippen LogP) is 4.72. The maximum Gasteiger partial charge on any atom is 0.276 e. The second-order valence-electron chi connectivity index (χ2n) is 6.63. The van der Waals surface area contributed by atoms with Gasteiger partial charge in [-0.05, 0) is 28.8 Å². The van der Waals surface area contributed by atoms with E-state index in [1.54, 1.807) is 36.5 Å². The lowest BCUT2D eigenvalue weighted by Gasteiger charge is -2.12. The van der Waals surface area contributed by atoms with Crippen LogP contribution in [-0.4, -0.2) is 18.5 Å². The molecule has 0 N–H and O–H groups in total. The number of halogens is 1. The summed E-state index contributed by atoms with van der Waals surface area (Å²) in [7, 11) is 0. The minimum absolute atomic E-state index is 0.0510. The topological polar surface area (TPSA) is 75.0 Å². The Labute approximate surface area is 184 Å². The average Bonchev–Trinajstić information content (AvgIpc) is 3.16. The summed E-state index contributed by atoms with van der Waals surface area (Å²) in [6.07, 6.45) is 1.67. The highest BCUT2D eigenvalue weighted by atomic mass is 35.5. The van der Waals surface area contributed by atoms with Crippen LogP contribution in [0.3, 0.4) is 0 Å². The summed E-state index contributed by atoms with van der Waals surface area (Å²) in [4.78, 5) is 14.1. The summed E-state index contributed by atoms with van der Waals surface area (Å²) >= 11 is 5.31. The van der Waals surface area contributed by atoms with Crippen LogP contribution in [0.5, 0.6) is 0 Å². The summed E-state index contributed by atoms with van der Waals surface area (Å²) < 4.78 is 23.9. The second kappa shape index (κ2) is 9.06. The van der Waals surface area contributed by atoms with Crippen LogP contribution in [0.1, 0.15) is 11.1 Å². The number of rotatable bonds is 6. The van der Waals surface area contributed by atoms with Crippen LogP contribution in [-0.2, 0) is 23.4 Å². The molecule has 30 heavy (non-hydrogen) atoms. The molecule has 0 fully saturated rings. The third-order valence-electron chi connectivity index (χ3n) is 4.59. The van der Waals surface area contributed by atoms with Crippen molar-refractivity contribution in [3.05, 3.63) is 98.7 Å². The molecule has 0 saturated heterocycles. The van der Waals surface area contributed by atoms with Crippen molar-refractivity contribution in [2.45, 2.75) is 12.3 Å².